The van der Waals surface area contributed by atoms with E-state index in [-0.39, 0.29) is 8.09 Å². The maximum absolute atomic E-state index is 2.50. The van der Waals surface area contributed by atoms with Gasteiger partial charge in [0.1, 0.15) is 0 Å². The van der Waals surface area contributed by atoms with Gasteiger partial charge in [-0.2, -0.15) is 0 Å². The van der Waals surface area contributed by atoms with Crippen LogP contribution in [0, 0.1) is 0 Å². The Morgan fingerprint density at radius 1 is 0.846 bits per heavy atom. The zero-order valence-electron chi connectivity index (χ0n) is 9.47. The smallest absolute Gasteiger partial charge is 0.00267 e. The molecular formula is C10H24S3. The summed E-state index contributed by atoms with van der Waals surface area (Å²) < 4.78 is 0. The Bertz CT molecular complexity index is 107. The molecule has 0 aliphatic heterocycles. The van der Waals surface area contributed by atoms with Crippen LogP contribution >= 0.6 is 29.7 Å². The van der Waals surface area contributed by atoms with E-state index >= 15 is 0 Å². The Morgan fingerprint density at radius 2 is 1.31 bits per heavy atom. The second kappa shape index (κ2) is 8.37. The molecule has 0 fully saturated rings. The van der Waals surface area contributed by atoms with Crippen molar-refractivity contribution in [3.05, 3.63) is 0 Å². The molecule has 0 aromatic rings. The molecule has 0 heterocycles. The summed E-state index contributed by atoms with van der Waals surface area (Å²) in [5, 5.41) is 0. The number of hydrogen-bond donors (Lipinski definition) is 0. The summed E-state index contributed by atoms with van der Waals surface area (Å²) in [7, 11) is 4.09. The van der Waals surface area contributed by atoms with Gasteiger partial charge in [0, 0.05) is 11.5 Å². The third-order valence-corrected chi connectivity index (χ3v) is 11.7. The fourth-order valence-electron chi connectivity index (χ4n) is 1.04. The average Bonchev–Trinajstić information content (AvgIpc) is 2.12. The van der Waals surface area contributed by atoms with Crippen LogP contribution in [0.5, 0.6) is 0 Å². The molecule has 3 heteroatoms. The van der Waals surface area contributed by atoms with Gasteiger partial charge in [-0.3, -0.25) is 0 Å². The van der Waals surface area contributed by atoms with Gasteiger partial charge in [0.25, 0.3) is 0 Å². The van der Waals surface area contributed by atoms with E-state index in [4.69, 9.17) is 0 Å². The third kappa shape index (κ3) is 7.03. The van der Waals surface area contributed by atoms with E-state index in [0.717, 1.165) is 0 Å². The van der Waals surface area contributed by atoms with Gasteiger partial charge in [0.15, 0.2) is 0 Å². The summed E-state index contributed by atoms with van der Waals surface area (Å²) in [5.41, 5.74) is 0. The molecule has 0 N–H and O–H groups in total. The molecule has 0 saturated heterocycles. The first-order valence-corrected chi connectivity index (χ1v) is 10.4. The van der Waals surface area contributed by atoms with Crippen LogP contribution in [0.4, 0.5) is 0 Å². The van der Waals surface area contributed by atoms with Crippen molar-refractivity contribution in [2.45, 2.75) is 40.0 Å². The van der Waals surface area contributed by atoms with Gasteiger partial charge in [-0.05, 0) is 31.3 Å². The van der Waals surface area contributed by atoms with E-state index in [1.165, 1.54) is 36.5 Å². The van der Waals surface area contributed by atoms with Crippen LogP contribution in [-0.4, -0.2) is 23.5 Å². The van der Waals surface area contributed by atoms with Crippen molar-refractivity contribution in [2.24, 2.45) is 0 Å². The van der Waals surface area contributed by atoms with Crippen molar-refractivity contribution in [3.63, 3.8) is 0 Å². The predicted molar refractivity (Wildman–Crippen MR) is 74.2 cm³/mol. The van der Waals surface area contributed by atoms with Crippen molar-refractivity contribution in [1.29, 1.82) is 0 Å². The minimum atomic E-state index is -0.380. The maximum atomic E-state index is 2.50. The standard InChI is InChI=1S/C10H24S3/c1-5-8-11-13(4,10-7-3)12-9-6-2/h5-10H2,1-4H3. The summed E-state index contributed by atoms with van der Waals surface area (Å²) in [4.78, 5) is 0. The highest BCUT2D eigenvalue weighted by Gasteiger charge is 2.17. The second-order valence-electron chi connectivity index (χ2n) is 3.27. The van der Waals surface area contributed by atoms with E-state index in [2.05, 4.69) is 48.6 Å². The van der Waals surface area contributed by atoms with Crippen LogP contribution in [0.3, 0.4) is 0 Å². The summed E-state index contributed by atoms with van der Waals surface area (Å²) in [5.74, 6) is 4.13. The molecule has 0 amide bonds. The van der Waals surface area contributed by atoms with E-state index in [1.807, 2.05) is 0 Å². The highest BCUT2D eigenvalue weighted by molar-refractivity contribution is 9.24. The van der Waals surface area contributed by atoms with Crippen LogP contribution in [0.2, 0.25) is 0 Å². The topological polar surface area (TPSA) is 0 Å². The van der Waals surface area contributed by atoms with Crippen LogP contribution in [0.1, 0.15) is 40.0 Å². The van der Waals surface area contributed by atoms with Gasteiger partial charge in [-0.15, -0.1) is 29.7 Å². The van der Waals surface area contributed by atoms with Gasteiger partial charge < -0.3 is 0 Å². The monoisotopic (exact) mass is 240 g/mol. The van der Waals surface area contributed by atoms with Gasteiger partial charge >= 0.3 is 0 Å². The first-order valence-electron chi connectivity index (χ1n) is 5.23. The average molecular weight is 241 g/mol. The molecule has 0 radical (unpaired) electrons. The largest absolute Gasteiger partial charge is 0.147 e. The molecule has 82 valence electrons. The molecule has 0 bridgehead atoms. The Balaban J connectivity index is 3.84. The molecule has 0 aromatic heterocycles. The van der Waals surface area contributed by atoms with Gasteiger partial charge in [-0.25, -0.2) is 0 Å². The number of rotatable bonds is 8. The maximum Gasteiger partial charge on any atom is 0.00267 e. The van der Waals surface area contributed by atoms with Crippen molar-refractivity contribution in [1.82, 2.24) is 0 Å². The van der Waals surface area contributed by atoms with Crippen molar-refractivity contribution in [2.75, 3.05) is 23.5 Å². The molecule has 0 rings (SSSR count). The lowest BCUT2D eigenvalue weighted by Crippen LogP contribution is -1.96. The first kappa shape index (κ1) is 14.1. The van der Waals surface area contributed by atoms with Crippen LogP contribution in [0.15, 0.2) is 0 Å². The van der Waals surface area contributed by atoms with Gasteiger partial charge in [0.2, 0.25) is 0 Å². The minimum Gasteiger partial charge on any atom is -0.147 e. The molecule has 0 aliphatic rings. The molecule has 0 aromatic carbocycles. The van der Waals surface area contributed by atoms with E-state index in [9.17, 15) is 0 Å². The predicted octanol–water partition coefficient (Wildman–Crippen LogP) is 4.95. The molecule has 13 heavy (non-hydrogen) atoms. The zero-order valence-corrected chi connectivity index (χ0v) is 11.9. The first-order chi connectivity index (χ1) is 6.18. The molecular weight excluding hydrogens is 216 g/mol. The van der Waals surface area contributed by atoms with E-state index in [1.54, 1.807) is 0 Å². The van der Waals surface area contributed by atoms with Crippen LogP contribution in [0.25, 0.3) is 0 Å². The minimum absolute atomic E-state index is 0.380. The molecule has 0 unspecified atom stereocenters. The quantitative estimate of drug-likeness (QED) is 0.551. The SMILES string of the molecule is CCCSS(C)(CCC)SCCC. The Morgan fingerprint density at radius 3 is 1.62 bits per heavy atom. The van der Waals surface area contributed by atoms with Crippen LogP contribution < -0.4 is 0 Å². The summed E-state index contributed by atoms with van der Waals surface area (Å²) in [6, 6.07) is 0. The van der Waals surface area contributed by atoms with E-state index in [0.29, 0.717) is 0 Å². The molecule has 0 saturated carbocycles. The van der Waals surface area contributed by atoms with Crippen molar-refractivity contribution in [3.8, 4) is 0 Å². The fraction of sp³-hybridized carbons (Fsp3) is 1.00. The lowest BCUT2D eigenvalue weighted by molar-refractivity contribution is 1.10. The second-order valence-corrected chi connectivity index (χ2v) is 13.3. The Labute approximate surface area is 93.1 Å². The lowest BCUT2D eigenvalue weighted by Gasteiger charge is -2.33. The molecule has 0 atom stereocenters. The Kier molecular flexibility index (Phi) is 9.04. The third-order valence-electron chi connectivity index (χ3n) is 1.65. The van der Waals surface area contributed by atoms with Crippen molar-refractivity contribution < 1.29 is 0 Å². The highest BCUT2D eigenvalue weighted by Crippen LogP contribution is 2.67. The molecule has 0 aliphatic carbocycles. The highest BCUT2D eigenvalue weighted by atomic mass is 33.6. The fourth-order valence-corrected chi connectivity index (χ4v) is 9.99. The van der Waals surface area contributed by atoms with Crippen LogP contribution in [-0.2, 0) is 0 Å². The van der Waals surface area contributed by atoms with Gasteiger partial charge in [-0.1, -0.05) is 20.8 Å². The summed E-state index contributed by atoms with van der Waals surface area (Å²) >= 11 is 0. The molecule has 0 nitrogen and oxygen atoms in total. The normalized spacial score (nSPS) is 13.2. The summed E-state index contributed by atoms with van der Waals surface area (Å²) in [6.07, 6.45) is 6.49. The summed E-state index contributed by atoms with van der Waals surface area (Å²) in [6.45, 7) is 6.87. The van der Waals surface area contributed by atoms with Gasteiger partial charge in [0.05, 0.1) is 0 Å². The lowest BCUT2D eigenvalue weighted by atomic mass is 10.6. The Hall–Kier alpha value is 1.05. The molecule has 0 spiro atoms. The number of hydrogen-bond acceptors (Lipinski definition) is 2. The van der Waals surface area contributed by atoms with Crippen molar-refractivity contribution >= 4 is 29.7 Å². The van der Waals surface area contributed by atoms with E-state index < -0.39 is 0 Å². The zero-order chi connectivity index (χ0) is 10.2.